The molecule has 0 radical (unpaired) electrons. The van der Waals surface area contributed by atoms with Crippen LogP contribution in [0.2, 0.25) is 0 Å². The van der Waals surface area contributed by atoms with Gasteiger partial charge in [-0.05, 0) is 45.0 Å². The Morgan fingerprint density at radius 3 is 2.00 bits per heavy atom. The van der Waals surface area contributed by atoms with Gasteiger partial charge in [-0.1, -0.05) is 22.6 Å². The van der Waals surface area contributed by atoms with Gasteiger partial charge in [0, 0.05) is 11.5 Å². The maximum atomic E-state index is 9.00. The maximum Gasteiger partial charge on any atom is 0.120 e. The van der Waals surface area contributed by atoms with Crippen molar-refractivity contribution in [1.82, 2.24) is 0 Å². The van der Waals surface area contributed by atoms with E-state index in [0.29, 0.717) is 0 Å². The highest BCUT2D eigenvalue weighted by Gasteiger charge is 2.10. The molecule has 1 aromatic carbocycles. The van der Waals surface area contributed by atoms with Gasteiger partial charge in [0.1, 0.15) is 17.1 Å². The minimum Gasteiger partial charge on any atom is -0.508 e. The highest BCUT2D eigenvalue weighted by molar-refractivity contribution is 14.1. The fraction of sp³-hybridized carbons (Fsp3) is 0.538. The van der Waals surface area contributed by atoms with Crippen LogP contribution >= 0.6 is 22.6 Å². The summed E-state index contributed by atoms with van der Waals surface area (Å²) in [6, 6.07) is 6.73. The molecule has 1 aromatic rings. The lowest BCUT2D eigenvalue weighted by Crippen LogP contribution is -2.22. The molecule has 0 amide bonds. The summed E-state index contributed by atoms with van der Waals surface area (Å²) < 4.78 is 11.3. The molecule has 0 saturated heterocycles. The van der Waals surface area contributed by atoms with Crippen molar-refractivity contribution in [3.05, 3.63) is 24.3 Å². The Balaban J connectivity index is 0.000000437. The van der Waals surface area contributed by atoms with Crippen LogP contribution in [-0.2, 0) is 4.74 Å². The molecule has 0 aliphatic heterocycles. The van der Waals surface area contributed by atoms with Gasteiger partial charge in [-0.3, -0.25) is 0 Å². The van der Waals surface area contributed by atoms with E-state index in [2.05, 4.69) is 27.3 Å². The van der Waals surface area contributed by atoms with Gasteiger partial charge < -0.3 is 14.6 Å². The molecule has 0 spiro atoms. The van der Waals surface area contributed by atoms with E-state index in [1.165, 1.54) is 0 Å². The van der Waals surface area contributed by atoms with E-state index in [-0.39, 0.29) is 11.4 Å². The highest BCUT2D eigenvalue weighted by atomic mass is 127. The summed E-state index contributed by atoms with van der Waals surface area (Å²) in [5.41, 5.74) is -0.184. The molecule has 0 fully saturated rings. The molecular formula is C13H21IO3. The van der Waals surface area contributed by atoms with Crippen molar-refractivity contribution < 1.29 is 14.6 Å². The zero-order chi connectivity index (χ0) is 13.3. The molecule has 1 N–H and O–H groups in total. The largest absolute Gasteiger partial charge is 0.508 e. The average molecular weight is 352 g/mol. The first-order valence-electron chi connectivity index (χ1n) is 5.42. The molecule has 0 heterocycles. The Bertz CT molecular complexity index is 289. The third-order valence-corrected chi connectivity index (χ3v) is 1.98. The first-order chi connectivity index (χ1) is 7.89. The molecule has 0 bridgehead atoms. The summed E-state index contributed by atoms with van der Waals surface area (Å²) in [7, 11) is 1.71. The molecule has 4 heteroatoms. The zero-order valence-corrected chi connectivity index (χ0v) is 13.0. The number of phenolic OH excluding ortho intramolecular Hbond substituents is 1. The second-order valence-corrected chi connectivity index (χ2v) is 5.47. The molecule has 3 nitrogen and oxygen atoms in total. The molecule has 98 valence electrons. The van der Waals surface area contributed by atoms with Gasteiger partial charge in [0.25, 0.3) is 0 Å². The topological polar surface area (TPSA) is 38.7 Å². The van der Waals surface area contributed by atoms with Crippen molar-refractivity contribution in [2.75, 3.05) is 18.1 Å². The number of benzene rings is 1. The number of halogens is 1. The number of hydrogen-bond acceptors (Lipinski definition) is 3. The fourth-order valence-corrected chi connectivity index (χ4v) is 1.39. The van der Waals surface area contributed by atoms with Gasteiger partial charge in [-0.2, -0.15) is 0 Å². The van der Waals surface area contributed by atoms with Gasteiger partial charge in [0.15, 0.2) is 0 Å². The second-order valence-electron chi connectivity index (χ2n) is 4.39. The molecular weight excluding hydrogens is 331 g/mol. The Labute approximate surface area is 117 Å². The third-order valence-electron chi connectivity index (χ3n) is 1.54. The van der Waals surface area contributed by atoms with Crippen molar-refractivity contribution in [1.29, 1.82) is 0 Å². The van der Waals surface area contributed by atoms with E-state index in [1.807, 2.05) is 20.8 Å². The Kier molecular flexibility index (Phi) is 8.33. The summed E-state index contributed by atoms with van der Waals surface area (Å²) >= 11 is 2.26. The Morgan fingerprint density at radius 1 is 1.18 bits per heavy atom. The smallest absolute Gasteiger partial charge is 0.120 e. The predicted molar refractivity (Wildman–Crippen MR) is 79.3 cm³/mol. The van der Waals surface area contributed by atoms with Crippen LogP contribution in [0.5, 0.6) is 11.5 Å². The molecule has 0 unspecified atom stereocenters. The minimum atomic E-state index is -0.184. The standard InChI is InChI=1S/C10H14O2.C3H7IO/c1-10(2,3)12-9-6-4-8(11)5-7-9;1-5-3-2-4/h4-7,11H,1-3H3;2-3H2,1H3. The van der Waals surface area contributed by atoms with E-state index < -0.39 is 0 Å². The van der Waals surface area contributed by atoms with Crippen LogP contribution in [0, 0.1) is 0 Å². The van der Waals surface area contributed by atoms with Crippen molar-refractivity contribution >= 4 is 22.6 Å². The monoisotopic (exact) mass is 352 g/mol. The van der Waals surface area contributed by atoms with Gasteiger partial charge in [-0.25, -0.2) is 0 Å². The molecule has 0 aromatic heterocycles. The Hall–Kier alpha value is -0.490. The number of hydrogen-bond donors (Lipinski definition) is 1. The second kappa shape index (κ2) is 8.58. The van der Waals surface area contributed by atoms with Crippen LogP contribution in [0.15, 0.2) is 24.3 Å². The van der Waals surface area contributed by atoms with Crippen molar-refractivity contribution in [3.63, 3.8) is 0 Å². The molecule has 17 heavy (non-hydrogen) atoms. The molecule has 0 aliphatic rings. The summed E-state index contributed by atoms with van der Waals surface area (Å²) in [5, 5.41) is 9.00. The number of rotatable bonds is 3. The lowest BCUT2D eigenvalue weighted by atomic mass is 10.2. The Morgan fingerprint density at radius 2 is 1.71 bits per heavy atom. The number of aromatic hydroxyl groups is 1. The normalized spacial score (nSPS) is 10.4. The lowest BCUT2D eigenvalue weighted by Gasteiger charge is -2.20. The lowest BCUT2D eigenvalue weighted by molar-refractivity contribution is 0.131. The van der Waals surface area contributed by atoms with Crippen molar-refractivity contribution in [2.45, 2.75) is 26.4 Å². The SMILES string of the molecule is CC(C)(C)Oc1ccc(O)cc1.COCCI. The number of alkyl halides is 1. The van der Waals surface area contributed by atoms with Crippen LogP contribution in [0.4, 0.5) is 0 Å². The van der Waals surface area contributed by atoms with E-state index >= 15 is 0 Å². The third kappa shape index (κ3) is 10.4. The maximum absolute atomic E-state index is 9.00. The summed E-state index contributed by atoms with van der Waals surface area (Å²) in [6.07, 6.45) is 0. The van der Waals surface area contributed by atoms with Crippen LogP contribution in [0.1, 0.15) is 20.8 Å². The zero-order valence-electron chi connectivity index (χ0n) is 10.9. The summed E-state index contributed by atoms with van der Waals surface area (Å²) in [4.78, 5) is 0. The van der Waals surface area contributed by atoms with Crippen LogP contribution in [0.25, 0.3) is 0 Å². The average Bonchev–Trinajstić information content (AvgIpc) is 2.22. The first kappa shape index (κ1) is 16.5. The van der Waals surface area contributed by atoms with E-state index in [4.69, 9.17) is 9.84 Å². The van der Waals surface area contributed by atoms with Crippen molar-refractivity contribution in [3.8, 4) is 11.5 Å². The number of phenols is 1. The predicted octanol–water partition coefficient (Wildman–Crippen LogP) is 3.64. The quantitative estimate of drug-likeness (QED) is 0.667. The van der Waals surface area contributed by atoms with Gasteiger partial charge in [0.2, 0.25) is 0 Å². The number of ether oxygens (including phenoxy) is 2. The summed E-state index contributed by atoms with van der Waals surface area (Å²) in [6.45, 7) is 6.83. The fourth-order valence-electron chi connectivity index (χ4n) is 0.945. The van der Waals surface area contributed by atoms with E-state index in [0.717, 1.165) is 16.8 Å². The van der Waals surface area contributed by atoms with Crippen LogP contribution < -0.4 is 4.74 Å². The highest BCUT2D eigenvalue weighted by Crippen LogP contribution is 2.20. The molecule has 0 saturated carbocycles. The van der Waals surface area contributed by atoms with Crippen LogP contribution in [-0.4, -0.2) is 28.9 Å². The molecule has 1 rings (SSSR count). The first-order valence-corrected chi connectivity index (χ1v) is 6.94. The van der Waals surface area contributed by atoms with Crippen LogP contribution in [0.3, 0.4) is 0 Å². The summed E-state index contributed by atoms with van der Waals surface area (Å²) in [5.74, 6) is 1.04. The van der Waals surface area contributed by atoms with E-state index in [1.54, 1.807) is 31.4 Å². The van der Waals surface area contributed by atoms with Crippen molar-refractivity contribution in [2.24, 2.45) is 0 Å². The van der Waals surface area contributed by atoms with Gasteiger partial charge in [0.05, 0.1) is 6.61 Å². The number of methoxy groups -OCH3 is 1. The molecule has 0 atom stereocenters. The molecule has 0 aliphatic carbocycles. The van der Waals surface area contributed by atoms with E-state index in [9.17, 15) is 0 Å². The minimum absolute atomic E-state index is 0.184. The van der Waals surface area contributed by atoms with Gasteiger partial charge >= 0.3 is 0 Å². The van der Waals surface area contributed by atoms with Gasteiger partial charge in [-0.15, -0.1) is 0 Å².